The lowest BCUT2D eigenvalue weighted by molar-refractivity contribution is 0.459. The summed E-state index contributed by atoms with van der Waals surface area (Å²) in [6.45, 7) is 0. The summed E-state index contributed by atoms with van der Waals surface area (Å²) < 4.78 is 19.2. The lowest BCUT2D eigenvalue weighted by Gasteiger charge is -2.08. The number of rotatable bonds is 2. The van der Waals surface area contributed by atoms with Gasteiger partial charge in [-0.1, -0.05) is 29.8 Å². The van der Waals surface area contributed by atoms with Crippen molar-refractivity contribution in [2.24, 2.45) is 0 Å². The van der Waals surface area contributed by atoms with Crippen molar-refractivity contribution in [1.82, 2.24) is 10.2 Å². The normalized spacial score (nSPS) is 10.8. The van der Waals surface area contributed by atoms with Gasteiger partial charge in [0.25, 0.3) is 0 Å². The quantitative estimate of drug-likeness (QED) is 0.652. The molecule has 20 heavy (non-hydrogen) atoms. The minimum absolute atomic E-state index is 0.313. The molecule has 0 spiro atoms. The van der Waals surface area contributed by atoms with Gasteiger partial charge in [-0.05, 0) is 40.2 Å². The van der Waals surface area contributed by atoms with Crippen LogP contribution < -0.4 is 4.74 Å². The largest absolute Gasteiger partial charge is 0.437 e. The third-order valence-electron chi connectivity index (χ3n) is 2.71. The monoisotopic (exact) mass is 352 g/mol. The highest BCUT2D eigenvalue weighted by molar-refractivity contribution is 9.10. The fourth-order valence-corrected chi connectivity index (χ4v) is 2.33. The van der Waals surface area contributed by atoms with Gasteiger partial charge in [-0.2, -0.15) is 0 Å². The number of hydrogen-bond acceptors (Lipinski definition) is 3. The topological polar surface area (TPSA) is 35.0 Å². The van der Waals surface area contributed by atoms with Crippen molar-refractivity contribution in [3.05, 3.63) is 57.9 Å². The highest BCUT2D eigenvalue weighted by atomic mass is 79.9. The summed E-state index contributed by atoms with van der Waals surface area (Å²) in [5.41, 5.74) is 0. The van der Waals surface area contributed by atoms with Gasteiger partial charge in [-0.3, -0.25) is 0 Å². The Morgan fingerprint density at radius 2 is 1.80 bits per heavy atom. The predicted molar refractivity (Wildman–Crippen MR) is 78.7 cm³/mol. The zero-order valence-corrected chi connectivity index (χ0v) is 12.3. The Morgan fingerprint density at radius 1 is 1.05 bits per heavy atom. The Balaban J connectivity index is 2.06. The predicted octanol–water partition coefficient (Wildman–Crippen LogP) is 4.98. The zero-order chi connectivity index (χ0) is 14.1. The molecule has 1 aromatic heterocycles. The molecule has 1 heterocycles. The number of fused-ring (bicyclic) bond motifs is 1. The first-order valence-electron chi connectivity index (χ1n) is 5.69. The van der Waals surface area contributed by atoms with Crippen molar-refractivity contribution in [2.45, 2.75) is 0 Å². The summed E-state index contributed by atoms with van der Waals surface area (Å²) in [6.07, 6.45) is 0. The molecule has 0 aliphatic heterocycles. The number of halogens is 3. The highest BCUT2D eigenvalue weighted by Crippen LogP contribution is 2.31. The number of hydrogen-bond donors (Lipinski definition) is 0. The van der Waals surface area contributed by atoms with E-state index >= 15 is 0 Å². The van der Waals surface area contributed by atoms with E-state index in [0.717, 1.165) is 10.8 Å². The van der Waals surface area contributed by atoms with Crippen LogP contribution in [0.3, 0.4) is 0 Å². The van der Waals surface area contributed by atoms with Gasteiger partial charge in [-0.15, -0.1) is 10.2 Å². The lowest BCUT2D eigenvalue weighted by atomic mass is 10.2. The molecular formula is C14H7BrClFN2O. The van der Waals surface area contributed by atoms with E-state index in [1.54, 1.807) is 0 Å². The van der Waals surface area contributed by atoms with Gasteiger partial charge in [0.1, 0.15) is 11.6 Å². The Morgan fingerprint density at radius 3 is 2.55 bits per heavy atom. The Bertz CT molecular complexity index is 797. The Labute approximate surface area is 127 Å². The van der Waals surface area contributed by atoms with Gasteiger partial charge in [0.15, 0.2) is 5.15 Å². The van der Waals surface area contributed by atoms with Crippen LogP contribution in [-0.4, -0.2) is 10.2 Å². The van der Waals surface area contributed by atoms with Crippen molar-refractivity contribution < 1.29 is 9.13 Å². The average molecular weight is 354 g/mol. The van der Waals surface area contributed by atoms with Crippen LogP contribution in [0.15, 0.2) is 46.9 Å². The molecule has 0 aliphatic rings. The van der Waals surface area contributed by atoms with Crippen LogP contribution in [0.4, 0.5) is 4.39 Å². The van der Waals surface area contributed by atoms with Crippen molar-refractivity contribution in [3.63, 3.8) is 0 Å². The zero-order valence-electron chi connectivity index (χ0n) is 9.98. The summed E-state index contributed by atoms with van der Waals surface area (Å²) in [5.74, 6) is 0.424. The maximum Gasteiger partial charge on any atom is 0.246 e. The molecule has 0 fully saturated rings. The summed E-state index contributed by atoms with van der Waals surface area (Å²) in [5, 5.41) is 9.60. The first-order chi connectivity index (χ1) is 9.65. The molecule has 3 nitrogen and oxygen atoms in total. The molecule has 0 saturated carbocycles. The Kier molecular flexibility index (Phi) is 3.54. The number of benzene rings is 2. The van der Waals surface area contributed by atoms with E-state index in [-0.39, 0.29) is 5.82 Å². The van der Waals surface area contributed by atoms with Crippen molar-refractivity contribution >= 4 is 38.3 Å². The first-order valence-corrected chi connectivity index (χ1v) is 6.86. The van der Waals surface area contributed by atoms with Crippen LogP contribution in [0.25, 0.3) is 10.8 Å². The smallest absolute Gasteiger partial charge is 0.246 e. The molecule has 0 amide bonds. The van der Waals surface area contributed by atoms with Crippen LogP contribution in [0.1, 0.15) is 0 Å². The molecule has 2 aromatic carbocycles. The summed E-state index contributed by atoms with van der Waals surface area (Å²) in [4.78, 5) is 0. The van der Waals surface area contributed by atoms with E-state index in [9.17, 15) is 4.39 Å². The highest BCUT2D eigenvalue weighted by Gasteiger charge is 2.10. The number of ether oxygens (including phenoxy) is 1. The van der Waals surface area contributed by atoms with Gasteiger partial charge >= 0.3 is 0 Å². The molecule has 0 saturated heterocycles. The van der Waals surface area contributed by atoms with Crippen LogP contribution in [0.5, 0.6) is 11.6 Å². The number of nitrogens with zero attached hydrogens (tertiary/aromatic N) is 2. The summed E-state index contributed by atoms with van der Waals surface area (Å²) in [6, 6.07) is 11.7. The molecule has 3 aromatic rings. The third-order valence-corrected chi connectivity index (χ3v) is 3.60. The van der Waals surface area contributed by atoms with Crippen molar-refractivity contribution in [3.8, 4) is 11.6 Å². The molecule has 0 unspecified atom stereocenters. The minimum Gasteiger partial charge on any atom is -0.437 e. The van der Waals surface area contributed by atoms with E-state index in [2.05, 4.69) is 26.1 Å². The maximum atomic E-state index is 13.2. The second-order valence-corrected chi connectivity index (χ2v) is 5.23. The molecule has 0 radical (unpaired) electrons. The van der Waals surface area contributed by atoms with Gasteiger partial charge in [0.2, 0.25) is 5.88 Å². The summed E-state index contributed by atoms with van der Waals surface area (Å²) in [7, 11) is 0. The van der Waals surface area contributed by atoms with Crippen LogP contribution >= 0.6 is 27.5 Å². The molecule has 0 bridgehead atoms. The molecule has 0 atom stereocenters. The molecule has 100 valence electrons. The molecule has 0 N–H and O–H groups in total. The van der Waals surface area contributed by atoms with E-state index in [4.69, 9.17) is 16.3 Å². The van der Waals surface area contributed by atoms with E-state index < -0.39 is 0 Å². The second-order valence-electron chi connectivity index (χ2n) is 4.02. The molecular weight excluding hydrogens is 347 g/mol. The van der Waals surface area contributed by atoms with E-state index in [1.807, 2.05) is 24.3 Å². The van der Waals surface area contributed by atoms with Crippen molar-refractivity contribution in [2.75, 3.05) is 0 Å². The van der Waals surface area contributed by atoms with Gasteiger partial charge in [0.05, 0.1) is 4.47 Å². The second kappa shape index (κ2) is 5.34. The van der Waals surface area contributed by atoms with E-state index in [0.29, 0.717) is 21.3 Å². The van der Waals surface area contributed by atoms with Crippen LogP contribution in [0.2, 0.25) is 5.15 Å². The van der Waals surface area contributed by atoms with Crippen LogP contribution in [0, 0.1) is 5.82 Å². The fraction of sp³-hybridized carbons (Fsp3) is 0. The van der Waals surface area contributed by atoms with Gasteiger partial charge < -0.3 is 4.74 Å². The van der Waals surface area contributed by atoms with Crippen molar-refractivity contribution in [1.29, 1.82) is 0 Å². The SMILES string of the molecule is Fc1ccc(Oc2nnc(Cl)c3ccccc23)cc1Br. The maximum absolute atomic E-state index is 13.2. The minimum atomic E-state index is -0.357. The van der Waals surface area contributed by atoms with Gasteiger partial charge in [-0.25, -0.2) is 4.39 Å². The number of aromatic nitrogens is 2. The molecule has 3 rings (SSSR count). The molecule has 6 heteroatoms. The standard InChI is InChI=1S/C14H7BrClFN2O/c15-11-7-8(5-6-12(11)17)20-14-10-4-2-1-3-9(10)13(16)18-19-14/h1-7H. The fourth-order valence-electron chi connectivity index (χ4n) is 1.77. The van der Waals surface area contributed by atoms with E-state index in [1.165, 1.54) is 18.2 Å². The molecule has 0 aliphatic carbocycles. The third kappa shape index (κ3) is 2.46. The Hall–Kier alpha value is -1.72. The lowest BCUT2D eigenvalue weighted by Crippen LogP contribution is -1.93. The van der Waals surface area contributed by atoms with Crippen LogP contribution in [-0.2, 0) is 0 Å². The first kappa shape index (κ1) is 13.3. The summed E-state index contributed by atoms with van der Waals surface area (Å²) >= 11 is 9.10. The average Bonchev–Trinajstić information content (AvgIpc) is 2.46. The van der Waals surface area contributed by atoms with Gasteiger partial charge in [0, 0.05) is 10.8 Å².